The molecule has 0 spiro atoms. The van der Waals surface area contributed by atoms with E-state index in [9.17, 15) is 19.0 Å². The van der Waals surface area contributed by atoms with Crippen molar-refractivity contribution in [1.82, 2.24) is 0 Å². The molecule has 83 heavy (non-hydrogen) atoms. The van der Waals surface area contributed by atoms with Gasteiger partial charge in [0.05, 0.1) is 13.2 Å². The number of phosphoric ester groups is 1. The Bertz CT molecular complexity index is 1680. The first-order valence-electron chi connectivity index (χ1n) is 34.7. The number of hydrogen-bond donors (Lipinski definition) is 2. The molecule has 2 unspecified atom stereocenters. The zero-order valence-corrected chi connectivity index (χ0v) is 54.8. The molecule has 0 bridgehead atoms. The van der Waals surface area contributed by atoms with Crippen LogP contribution in [0.2, 0.25) is 0 Å². The van der Waals surface area contributed by atoms with Crippen LogP contribution in [0.4, 0.5) is 0 Å². The Kier molecular flexibility index (Phi) is 65.5. The minimum absolute atomic E-state index is 0.0517. The lowest BCUT2D eigenvalue weighted by Crippen LogP contribution is -2.29. The lowest BCUT2D eigenvalue weighted by molar-refractivity contribution is -0.161. The van der Waals surface area contributed by atoms with Crippen LogP contribution in [0.25, 0.3) is 0 Å². The summed E-state index contributed by atoms with van der Waals surface area (Å²) < 4.78 is 33.1. The van der Waals surface area contributed by atoms with Crippen LogP contribution in [-0.4, -0.2) is 49.3 Å². The quantitative estimate of drug-likeness (QED) is 0.0264. The van der Waals surface area contributed by atoms with E-state index in [4.69, 9.17) is 24.3 Å². The molecule has 0 fully saturated rings. The summed E-state index contributed by atoms with van der Waals surface area (Å²) in [7, 11) is -4.39. The lowest BCUT2D eigenvalue weighted by Gasteiger charge is -2.19. The zero-order valence-electron chi connectivity index (χ0n) is 53.9. The maximum absolute atomic E-state index is 12.8. The highest BCUT2D eigenvalue weighted by Gasteiger charge is 2.26. The van der Waals surface area contributed by atoms with Gasteiger partial charge in [-0.2, -0.15) is 0 Å². The second-order valence-electron chi connectivity index (χ2n) is 23.0. The maximum atomic E-state index is 12.8. The molecule has 10 heteroatoms. The van der Waals surface area contributed by atoms with E-state index < -0.39 is 26.5 Å². The van der Waals surface area contributed by atoms with Crippen molar-refractivity contribution >= 4 is 19.8 Å². The Morgan fingerprint density at radius 1 is 0.373 bits per heavy atom. The summed E-state index contributed by atoms with van der Waals surface area (Å²) in [6, 6.07) is 0. The number of rotatable bonds is 65. The monoisotopic (exact) mass is 1180 g/mol. The first-order chi connectivity index (χ1) is 40.8. The summed E-state index contributed by atoms with van der Waals surface area (Å²) in [5.74, 6) is -0.821. The molecule has 0 saturated carbocycles. The topological polar surface area (TPSA) is 134 Å². The van der Waals surface area contributed by atoms with Crippen molar-refractivity contribution in [2.24, 2.45) is 5.73 Å². The Morgan fingerprint density at radius 2 is 0.663 bits per heavy atom. The average Bonchev–Trinajstić information content (AvgIpc) is 3.49. The van der Waals surface area contributed by atoms with Gasteiger partial charge in [-0.25, -0.2) is 4.57 Å². The van der Waals surface area contributed by atoms with Crippen molar-refractivity contribution in [3.63, 3.8) is 0 Å². The number of esters is 2. The fraction of sp³-hybridized carbons (Fsp3) is 0.753. The van der Waals surface area contributed by atoms with Crippen molar-refractivity contribution in [3.05, 3.63) is 97.2 Å². The summed E-state index contributed by atoms with van der Waals surface area (Å²) in [4.78, 5) is 35.3. The van der Waals surface area contributed by atoms with Crippen molar-refractivity contribution in [1.29, 1.82) is 0 Å². The fourth-order valence-electron chi connectivity index (χ4n) is 9.85. The van der Waals surface area contributed by atoms with Gasteiger partial charge in [0.15, 0.2) is 6.10 Å². The number of carbonyl (C=O) groups is 2. The summed E-state index contributed by atoms with van der Waals surface area (Å²) in [5, 5.41) is 0. The smallest absolute Gasteiger partial charge is 0.462 e. The van der Waals surface area contributed by atoms with Crippen LogP contribution >= 0.6 is 7.82 Å². The number of allylic oxidation sites excluding steroid dienone is 16. The van der Waals surface area contributed by atoms with Crippen molar-refractivity contribution in [3.8, 4) is 0 Å². The molecule has 0 amide bonds. The van der Waals surface area contributed by atoms with E-state index in [1.54, 1.807) is 0 Å². The van der Waals surface area contributed by atoms with Gasteiger partial charge in [0.25, 0.3) is 0 Å². The molecule has 0 aromatic carbocycles. The molecule has 2 atom stereocenters. The molecule has 0 aromatic rings. The van der Waals surface area contributed by atoms with Gasteiger partial charge in [0.1, 0.15) is 6.61 Å². The highest BCUT2D eigenvalue weighted by atomic mass is 31.2. The van der Waals surface area contributed by atoms with Gasteiger partial charge >= 0.3 is 19.8 Å². The van der Waals surface area contributed by atoms with Gasteiger partial charge in [-0.1, -0.05) is 310 Å². The summed E-state index contributed by atoms with van der Waals surface area (Å²) in [6.45, 7) is 3.65. The second kappa shape index (κ2) is 68.0. The molecular weight excluding hydrogens is 1050 g/mol. The SMILES string of the molecule is CC/C=C\C/C=C\C/C=C\C/C=C\C/C=C\C/C=C\CCCCCCCCCCCCCCCCCCCCCCCCC(=O)OC(COC(=O)CCCCCCCCCCC/C=C\C/C=C\CCCCCCC)COP(=O)(O)OCCN. The molecule has 0 aliphatic heterocycles. The number of nitrogens with two attached hydrogens (primary N) is 1. The number of phosphoric acid groups is 1. The van der Waals surface area contributed by atoms with E-state index >= 15 is 0 Å². The standard InChI is InChI=1S/C73H130NO8P/c1-3-5-7-9-11-13-15-17-19-21-23-25-26-27-28-29-30-31-32-33-34-35-36-37-38-39-40-41-42-43-44-46-48-50-52-54-56-58-60-62-64-66-73(76)82-71(70-81-83(77,78)80-68-67-74)69-79-72(75)65-63-61-59-57-55-53-51-49-47-45-24-22-20-18-16-14-12-10-8-6-4-2/h5,7,11,13,16-19,22-25,27-28,30-31,71H,3-4,6,8-10,12,14-15,20-21,26,29,32-70,74H2,1-2H3,(H,77,78)/b7-5-,13-11-,18-16-,19-17-,24-22-,25-23-,28-27-,31-30-. The number of unbranched alkanes of at least 4 members (excludes halogenated alkanes) is 36. The molecule has 0 radical (unpaired) electrons. The van der Waals surface area contributed by atoms with Crippen molar-refractivity contribution in [2.75, 3.05) is 26.4 Å². The molecule has 480 valence electrons. The van der Waals surface area contributed by atoms with Gasteiger partial charge in [-0.05, 0) is 96.3 Å². The van der Waals surface area contributed by atoms with Crippen LogP contribution in [0, 0.1) is 0 Å². The summed E-state index contributed by atoms with van der Waals surface area (Å²) in [6.07, 6.45) is 92.2. The first kappa shape index (κ1) is 79.9. The minimum atomic E-state index is -4.39. The Morgan fingerprint density at radius 3 is 0.988 bits per heavy atom. The molecule has 3 N–H and O–H groups in total. The normalized spacial score (nSPS) is 13.5. The molecule has 0 aliphatic rings. The zero-order chi connectivity index (χ0) is 60.1. The van der Waals surface area contributed by atoms with E-state index in [0.717, 1.165) is 83.5 Å². The molecule has 0 heterocycles. The average molecular weight is 1180 g/mol. The number of carbonyl (C=O) groups excluding carboxylic acids is 2. The minimum Gasteiger partial charge on any atom is -0.462 e. The first-order valence-corrected chi connectivity index (χ1v) is 36.2. The van der Waals surface area contributed by atoms with E-state index in [1.165, 1.54) is 205 Å². The predicted molar refractivity (Wildman–Crippen MR) is 358 cm³/mol. The van der Waals surface area contributed by atoms with Gasteiger partial charge in [0, 0.05) is 19.4 Å². The second-order valence-corrected chi connectivity index (χ2v) is 24.5. The third-order valence-electron chi connectivity index (χ3n) is 15.0. The summed E-state index contributed by atoms with van der Waals surface area (Å²) >= 11 is 0. The van der Waals surface area contributed by atoms with Crippen LogP contribution in [-0.2, 0) is 32.7 Å². The van der Waals surface area contributed by atoms with Gasteiger partial charge < -0.3 is 20.1 Å². The van der Waals surface area contributed by atoms with E-state index in [-0.39, 0.29) is 38.6 Å². The number of hydrogen-bond acceptors (Lipinski definition) is 8. The van der Waals surface area contributed by atoms with Crippen molar-refractivity contribution < 1.29 is 37.6 Å². The van der Waals surface area contributed by atoms with Crippen LogP contribution in [0.1, 0.15) is 322 Å². The maximum Gasteiger partial charge on any atom is 0.472 e. The highest BCUT2D eigenvalue weighted by molar-refractivity contribution is 7.47. The van der Waals surface area contributed by atoms with Gasteiger partial charge in [0.2, 0.25) is 0 Å². The lowest BCUT2D eigenvalue weighted by atomic mass is 10.0. The van der Waals surface area contributed by atoms with E-state index in [2.05, 4.69) is 111 Å². The van der Waals surface area contributed by atoms with Gasteiger partial charge in [-0.3, -0.25) is 18.6 Å². The molecular formula is C73H130NO8P. The molecule has 9 nitrogen and oxygen atoms in total. The molecule has 0 saturated heterocycles. The Labute approximate surface area is 512 Å². The molecule has 0 aliphatic carbocycles. The Balaban J connectivity index is 3.81. The fourth-order valence-corrected chi connectivity index (χ4v) is 10.6. The predicted octanol–water partition coefficient (Wildman–Crippen LogP) is 22.7. The van der Waals surface area contributed by atoms with E-state index in [1.807, 2.05) is 0 Å². The molecule has 0 aromatic heterocycles. The highest BCUT2D eigenvalue weighted by Crippen LogP contribution is 2.43. The summed E-state index contributed by atoms with van der Waals surface area (Å²) in [5.41, 5.74) is 5.40. The Hall–Kier alpha value is -3.07. The largest absolute Gasteiger partial charge is 0.472 e. The number of ether oxygens (including phenoxy) is 2. The molecule has 0 rings (SSSR count). The van der Waals surface area contributed by atoms with E-state index in [0.29, 0.717) is 6.42 Å². The third kappa shape index (κ3) is 67.9. The van der Waals surface area contributed by atoms with Crippen LogP contribution in [0.3, 0.4) is 0 Å². The van der Waals surface area contributed by atoms with Crippen molar-refractivity contribution in [2.45, 2.75) is 328 Å². The van der Waals surface area contributed by atoms with Crippen LogP contribution in [0.15, 0.2) is 97.2 Å². The van der Waals surface area contributed by atoms with Crippen LogP contribution < -0.4 is 5.73 Å². The van der Waals surface area contributed by atoms with Gasteiger partial charge in [-0.15, -0.1) is 0 Å². The van der Waals surface area contributed by atoms with Crippen LogP contribution in [0.5, 0.6) is 0 Å². The third-order valence-corrected chi connectivity index (χ3v) is 15.9.